The van der Waals surface area contributed by atoms with E-state index in [0.717, 1.165) is 13.0 Å². The van der Waals surface area contributed by atoms with Gasteiger partial charge in [-0.2, -0.15) is 5.10 Å². The lowest BCUT2D eigenvalue weighted by molar-refractivity contribution is -0.118. The number of benzene rings is 1. The number of rotatable bonds is 6. The predicted octanol–water partition coefficient (Wildman–Crippen LogP) is 2.07. The van der Waals surface area contributed by atoms with Crippen LogP contribution in [0.3, 0.4) is 0 Å². The van der Waals surface area contributed by atoms with Crippen LogP contribution in [0.4, 0.5) is 10.1 Å². The maximum absolute atomic E-state index is 12.9. The number of hydrogen-bond acceptors (Lipinski definition) is 3. The summed E-state index contributed by atoms with van der Waals surface area (Å²) in [7, 11) is 0. The van der Waals surface area contributed by atoms with Gasteiger partial charge in [0.2, 0.25) is 5.91 Å². The molecule has 1 amide bonds. The quantitative estimate of drug-likeness (QED) is 0.848. The van der Waals surface area contributed by atoms with Crippen molar-refractivity contribution in [3.8, 4) is 0 Å². The number of halogens is 1. The fourth-order valence-corrected chi connectivity index (χ4v) is 1.91. The Morgan fingerprint density at radius 3 is 2.75 bits per heavy atom. The largest absolute Gasteiger partial charge is 0.370 e. The maximum atomic E-state index is 12.9. The minimum atomic E-state index is -0.689. The molecule has 6 heteroatoms. The number of aryl methyl sites for hydroxylation is 1. The lowest BCUT2D eigenvalue weighted by Gasteiger charge is -2.15. The van der Waals surface area contributed by atoms with Crippen LogP contribution in [-0.2, 0) is 11.3 Å². The Bertz CT molecular complexity index is 579. The molecule has 1 aromatic carbocycles. The number of aromatic nitrogens is 2. The van der Waals surface area contributed by atoms with E-state index in [2.05, 4.69) is 10.4 Å². The van der Waals surface area contributed by atoms with Crippen LogP contribution in [0.2, 0.25) is 0 Å². The van der Waals surface area contributed by atoms with Crippen molar-refractivity contribution in [2.45, 2.75) is 25.9 Å². The molecule has 0 aliphatic carbocycles. The second kappa shape index (κ2) is 6.18. The Hall–Kier alpha value is -2.37. The van der Waals surface area contributed by atoms with E-state index in [1.54, 1.807) is 29.2 Å². The van der Waals surface area contributed by atoms with Gasteiger partial charge >= 0.3 is 0 Å². The zero-order valence-electron chi connectivity index (χ0n) is 11.2. The molecule has 3 N–H and O–H groups in total. The van der Waals surface area contributed by atoms with Gasteiger partial charge in [0.25, 0.3) is 0 Å². The van der Waals surface area contributed by atoms with Gasteiger partial charge in [0, 0.05) is 24.0 Å². The van der Waals surface area contributed by atoms with Crippen molar-refractivity contribution in [3.63, 3.8) is 0 Å². The molecule has 2 aromatic rings. The van der Waals surface area contributed by atoms with Crippen molar-refractivity contribution < 1.29 is 9.18 Å². The summed E-state index contributed by atoms with van der Waals surface area (Å²) in [6.07, 6.45) is 4.35. The van der Waals surface area contributed by atoms with Crippen molar-refractivity contribution in [1.82, 2.24) is 9.78 Å². The van der Waals surface area contributed by atoms with E-state index in [1.807, 2.05) is 6.92 Å². The van der Waals surface area contributed by atoms with E-state index in [4.69, 9.17) is 5.73 Å². The van der Waals surface area contributed by atoms with Crippen LogP contribution in [0.25, 0.3) is 0 Å². The zero-order valence-corrected chi connectivity index (χ0v) is 11.2. The molecular weight excluding hydrogens is 259 g/mol. The number of carbonyl (C=O) groups is 1. The first-order chi connectivity index (χ1) is 9.60. The third kappa shape index (κ3) is 3.34. The minimum absolute atomic E-state index is 0.332. The van der Waals surface area contributed by atoms with E-state index >= 15 is 0 Å². The van der Waals surface area contributed by atoms with Gasteiger partial charge in [0.1, 0.15) is 11.9 Å². The van der Waals surface area contributed by atoms with E-state index in [-0.39, 0.29) is 5.82 Å². The summed E-state index contributed by atoms with van der Waals surface area (Å²) in [4.78, 5) is 11.6. The highest BCUT2D eigenvalue weighted by molar-refractivity contribution is 5.84. The van der Waals surface area contributed by atoms with Crippen molar-refractivity contribution in [3.05, 3.63) is 48.0 Å². The number of amides is 1. The molecule has 0 bridgehead atoms. The van der Waals surface area contributed by atoms with Crippen LogP contribution in [0, 0.1) is 5.82 Å². The molecule has 0 spiro atoms. The van der Waals surface area contributed by atoms with E-state index in [1.165, 1.54) is 12.1 Å². The first kappa shape index (κ1) is 14.0. The topological polar surface area (TPSA) is 72.9 Å². The molecule has 0 aliphatic rings. The Morgan fingerprint density at radius 2 is 2.15 bits per heavy atom. The van der Waals surface area contributed by atoms with Crippen LogP contribution in [0.15, 0.2) is 36.7 Å². The minimum Gasteiger partial charge on any atom is -0.370 e. The summed E-state index contributed by atoms with van der Waals surface area (Å²) in [5, 5.41) is 7.16. The number of anilines is 1. The zero-order chi connectivity index (χ0) is 14.5. The smallest absolute Gasteiger partial charge is 0.244 e. The molecule has 0 fully saturated rings. The fraction of sp³-hybridized carbons (Fsp3) is 0.286. The molecule has 0 saturated carbocycles. The molecule has 0 aliphatic heterocycles. The molecule has 20 heavy (non-hydrogen) atoms. The number of nitrogens with two attached hydrogens (primary N) is 1. The lowest BCUT2D eigenvalue weighted by Crippen LogP contribution is -2.27. The van der Waals surface area contributed by atoms with Crippen molar-refractivity contribution in [1.29, 1.82) is 0 Å². The van der Waals surface area contributed by atoms with Gasteiger partial charge in [-0.1, -0.05) is 6.92 Å². The molecule has 0 saturated heterocycles. The molecule has 1 unspecified atom stereocenters. The summed E-state index contributed by atoms with van der Waals surface area (Å²) in [5.41, 5.74) is 6.73. The number of hydrogen-bond donors (Lipinski definition) is 2. The monoisotopic (exact) mass is 276 g/mol. The second-order valence-electron chi connectivity index (χ2n) is 4.52. The molecule has 2 rings (SSSR count). The van der Waals surface area contributed by atoms with E-state index < -0.39 is 11.9 Å². The van der Waals surface area contributed by atoms with Gasteiger partial charge in [-0.25, -0.2) is 4.39 Å². The highest BCUT2D eigenvalue weighted by Gasteiger charge is 2.19. The molecule has 1 atom stereocenters. The Kier molecular flexibility index (Phi) is 4.34. The summed E-state index contributed by atoms with van der Waals surface area (Å²) >= 11 is 0. The van der Waals surface area contributed by atoms with Gasteiger partial charge < -0.3 is 11.1 Å². The summed E-state index contributed by atoms with van der Waals surface area (Å²) < 4.78 is 14.6. The molecule has 1 aromatic heterocycles. The Labute approximate surface area is 116 Å². The summed E-state index contributed by atoms with van der Waals surface area (Å²) in [6, 6.07) is 5.07. The number of primary amides is 1. The lowest BCUT2D eigenvalue weighted by atomic mass is 10.1. The number of nitrogens with one attached hydrogen (secondary N) is 1. The first-order valence-corrected chi connectivity index (χ1v) is 6.44. The fourth-order valence-electron chi connectivity index (χ4n) is 1.91. The van der Waals surface area contributed by atoms with Crippen LogP contribution in [-0.4, -0.2) is 15.7 Å². The molecular formula is C14H17FN4O. The van der Waals surface area contributed by atoms with Crippen LogP contribution in [0.5, 0.6) is 0 Å². The SMILES string of the molecule is CCCn1cc(C(Nc2ccc(F)cc2)C(N)=O)cn1. The average molecular weight is 276 g/mol. The van der Waals surface area contributed by atoms with Gasteiger partial charge in [-0.15, -0.1) is 0 Å². The number of nitrogens with zero attached hydrogens (tertiary/aromatic N) is 2. The van der Waals surface area contributed by atoms with Gasteiger partial charge in [-0.3, -0.25) is 9.48 Å². The molecule has 106 valence electrons. The van der Waals surface area contributed by atoms with Crippen molar-refractivity contribution >= 4 is 11.6 Å². The van der Waals surface area contributed by atoms with E-state index in [0.29, 0.717) is 11.3 Å². The standard InChI is InChI=1S/C14H17FN4O/c1-2-7-19-9-10(8-17-19)13(14(16)20)18-12-5-3-11(15)4-6-12/h3-6,8-9,13,18H,2,7H2,1H3,(H2,16,20). The first-order valence-electron chi connectivity index (χ1n) is 6.44. The third-order valence-electron chi connectivity index (χ3n) is 2.88. The molecule has 5 nitrogen and oxygen atoms in total. The summed E-state index contributed by atoms with van der Waals surface area (Å²) in [5.74, 6) is -0.840. The summed E-state index contributed by atoms with van der Waals surface area (Å²) in [6.45, 7) is 2.83. The normalized spacial score (nSPS) is 12.1. The van der Waals surface area contributed by atoms with Gasteiger partial charge in [-0.05, 0) is 30.7 Å². The van der Waals surface area contributed by atoms with Crippen LogP contribution < -0.4 is 11.1 Å². The van der Waals surface area contributed by atoms with Crippen LogP contribution in [0.1, 0.15) is 24.9 Å². The third-order valence-corrected chi connectivity index (χ3v) is 2.88. The number of carbonyl (C=O) groups excluding carboxylic acids is 1. The molecule has 0 radical (unpaired) electrons. The average Bonchev–Trinajstić information content (AvgIpc) is 2.86. The predicted molar refractivity (Wildman–Crippen MR) is 74.5 cm³/mol. The maximum Gasteiger partial charge on any atom is 0.244 e. The van der Waals surface area contributed by atoms with Crippen LogP contribution >= 0.6 is 0 Å². The van der Waals surface area contributed by atoms with E-state index in [9.17, 15) is 9.18 Å². The highest BCUT2D eigenvalue weighted by atomic mass is 19.1. The Morgan fingerprint density at radius 1 is 1.45 bits per heavy atom. The van der Waals surface area contributed by atoms with Gasteiger partial charge in [0.15, 0.2) is 0 Å². The Balaban J connectivity index is 2.17. The van der Waals surface area contributed by atoms with Crippen molar-refractivity contribution in [2.24, 2.45) is 5.73 Å². The second-order valence-corrected chi connectivity index (χ2v) is 4.52. The molecule has 1 heterocycles. The van der Waals surface area contributed by atoms with Gasteiger partial charge in [0.05, 0.1) is 6.20 Å². The highest BCUT2D eigenvalue weighted by Crippen LogP contribution is 2.19. The van der Waals surface area contributed by atoms with Crippen molar-refractivity contribution in [2.75, 3.05) is 5.32 Å².